The predicted molar refractivity (Wildman–Crippen MR) is 76.5 cm³/mol. The van der Waals surface area contributed by atoms with E-state index in [0.717, 1.165) is 6.07 Å². The van der Waals surface area contributed by atoms with Crippen molar-refractivity contribution < 1.29 is 31.1 Å². The van der Waals surface area contributed by atoms with Crippen LogP contribution in [0.3, 0.4) is 0 Å². The number of carbonyl (C=O) groups is 1. The van der Waals surface area contributed by atoms with Gasteiger partial charge in [0.25, 0.3) is 9.84 Å². The molecule has 2 rings (SSSR count). The van der Waals surface area contributed by atoms with Crippen LogP contribution >= 0.6 is 0 Å². The van der Waals surface area contributed by atoms with Gasteiger partial charge in [0.1, 0.15) is 0 Å². The number of alkyl halides is 3. The molecule has 23 heavy (non-hydrogen) atoms. The third-order valence-electron chi connectivity index (χ3n) is 3.81. The summed E-state index contributed by atoms with van der Waals surface area (Å²) >= 11 is 0. The fraction of sp³-hybridized carbons (Fsp3) is 0.500. The normalized spacial score (nSPS) is 21.9. The van der Waals surface area contributed by atoms with Gasteiger partial charge in [-0.25, -0.2) is 8.42 Å². The highest BCUT2D eigenvalue weighted by molar-refractivity contribution is 7.92. The minimum atomic E-state index is -5.44. The number of carbonyl (C=O) groups excluding carboxylic acids is 1. The average molecular weight is 351 g/mol. The quantitative estimate of drug-likeness (QED) is 0.845. The molecule has 2 atom stereocenters. The van der Waals surface area contributed by atoms with Crippen molar-refractivity contribution in [3.63, 3.8) is 0 Å². The highest BCUT2D eigenvalue weighted by Crippen LogP contribution is 2.36. The second-order valence-electron chi connectivity index (χ2n) is 5.32. The SMILES string of the molecule is COC(=O)[C@H]1CC[C@@H](Nc2ccccc2S(=O)(=O)C(F)(F)F)C1. The van der Waals surface area contributed by atoms with E-state index in [4.69, 9.17) is 0 Å². The number of rotatable bonds is 4. The van der Waals surface area contributed by atoms with Crippen molar-refractivity contribution in [3.8, 4) is 0 Å². The van der Waals surface area contributed by atoms with E-state index >= 15 is 0 Å². The lowest BCUT2D eigenvalue weighted by Crippen LogP contribution is -2.26. The molecule has 5 nitrogen and oxygen atoms in total. The zero-order chi connectivity index (χ0) is 17.3. The Hall–Kier alpha value is -1.77. The first-order chi connectivity index (χ1) is 10.7. The summed E-state index contributed by atoms with van der Waals surface area (Å²) in [6.07, 6.45) is 1.46. The Kier molecular flexibility index (Phi) is 4.88. The van der Waals surface area contributed by atoms with E-state index in [-0.39, 0.29) is 23.6 Å². The molecule has 1 saturated carbocycles. The number of para-hydroxylation sites is 1. The number of benzene rings is 1. The smallest absolute Gasteiger partial charge is 0.469 e. The zero-order valence-electron chi connectivity index (χ0n) is 12.3. The van der Waals surface area contributed by atoms with Gasteiger partial charge in [0.05, 0.1) is 23.6 Å². The van der Waals surface area contributed by atoms with E-state index < -0.39 is 20.2 Å². The number of hydrogen-bond donors (Lipinski definition) is 1. The molecular formula is C14H16F3NO4S. The molecule has 0 heterocycles. The van der Waals surface area contributed by atoms with E-state index in [1.807, 2.05) is 0 Å². The lowest BCUT2D eigenvalue weighted by Gasteiger charge is -2.18. The van der Waals surface area contributed by atoms with E-state index in [9.17, 15) is 26.4 Å². The monoisotopic (exact) mass is 351 g/mol. The van der Waals surface area contributed by atoms with Gasteiger partial charge in [0, 0.05) is 6.04 Å². The number of nitrogens with one attached hydrogen (secondary N) is 1. The van der Waals surface area contributed by atoms with Crippen molar-refractivity contribution >= 4 is 21.5 Å². The van der Waals surface area contributed by atoms with Gasteiger partial charge in [0.15, 0.2) is 0 Å². The number of halogens is 3. The van der Waals surface area contributed by atoms with Gasteiger partial charge in [-0.05, 0) is 31.4 Å². The molecular weight excluding hydrogens is 335 g/mol. The van der Waals surface area contributed by atoms with Crippen LogP contribution in [0.5, 0.6) is 0 Å². The van der Waals surface area contributed by atoms with Crippen LogP contribution in [-0.4, -0.2) is 33.0 Å². The van der Waals surface area contributed by atoms with E-state index in [2.05, 4.69) is 10.1 Å². The van der Waals surface area contributed by atoms with Crippen LogP contribution < -0.4 is 5.32 Å². The summed E-state index contributed by atoms with van der Waals surface area (Å²) in [6.45, 7) is 0. The highest BCUT2D eigenvalue weighted by Gasteiger charge is 2.48. The lowest BCUT2D eigenvalue weighted by atomic mass is 10.1. The predicted octanol–water partition coefficient (Wildman–Crippen LogP) is 2.73. The fourth-order valence-electron chi connectivity index (χ4n) is 2.66. The van der Waals surface area contributed by atoms with E-state index in [0.29, 0.717) is 19.3 Å². The van der Waals surface area contributed by atoms with Gasteiger partial charge in [-0.2, -0.15) is 13.2 Å². The molecule has 0 saturated heterocycles. The maximum absolute atomic E-state index is 12.7. The van der Waals surface area contributed by atoms with Crippen molar-refractivity contribution in [2.75, 3.05) is 12.4 Å². The summed E-state index contributed by atoms with van der Waals surface area (Å²) in [4.78, 5) is 10.7. The van der Waals surface area contributed by atoms with E-state index in [1.54, 1.807) is 0 Å². The van der Waals surface area contributed by atoms with Gasteiger partial charge < -0.3 is 10.1 Å². The summed E-state index contributed by atoms with van der Waals surface area (Å²) in [7, 11) is -4.17. The standard InChI is InChI=1S/C14H16F3NO4S/c1-22-13(19)9-6-7-10(8-9)18-11-4-2-3-5-12(11)23(20,21)14(15,16)17/h2-5,9-10,18H,6-8H2,1H3/t9-,10+/m0/s1. The van der Waals surface area contributed by atoms with Gasteiger partial charge in [-0.15, -0.1) is 0 Å². The van der Waals surface area contributed by atoms with Crippen LogP contribution in [0.2, 0.25) is 0 Å². The first kappa shape index (κ1) is 17.6. The average Bonchev–Trinajstić information content (AvgIpc) is 2.94. The molecule has 9 heteroatoms. The Bertz CT molecular complexity index is 688. The van der Waals surface area contributed by atoms with Crippen LogP contribution in [0.1, 0.15) is 19.3 Å². The Labute approximate surface area is 131 Å². The molecule has 1 fully saturated rings. The van der Waals surface area contributed by atoms with Crippen molar-refractivity contribution in [2.24, 2.45) is 5.92 Å². The highest BCUT2D eigenvalue weighted by atomic mass is 32.2. The van der Waals surface area contributed by atoms with Crippen molar-refractivity contribution in [3.05, 3.63) is 24.3 Å². The Morgan fingerprint density at radius 1 is 1.26 bits per heavy atom. The van der Waals surface area contributed by atoms with Crippen molar-refractivity contribution in [1.82, 2.24) is 0 Å². The first-order valence-corrected chi connectivity index (χ1v) is 8.40. The van der Waals surface area contributed by atoms with Gasteiger partial charge in [-0.1, -0.05) is 12.1 Å². The number of esters is 1. The van der Waals surface area contributed by atoms with E-state index in [1.165, 1.54) is 25.3 Å². The van der Waals surface area contributed by atoms with Crippen molar-refractivity contribution in [2.45, 2.75) is 35.7 Å². The molecule has 0 aliphatic heterocycles. The lowest BCUT2D eigenvalue weighted by molar-refractivity contribution is -0.145. The number of hydrogen-bond acceptors (Lipinski definition) is 5. The fourth-order valence-corrected chi connectivity index (χ4v) is 3.58. The van der Waals surface area contributed by atoms with Gasteiger partial charge in [0.2, 0.25) is 0 Å². The molecule has 0 radical (unpaired) electrons. The third kappa shape index (κ3) is 3.60. The molecule has 1 aromatic rings. The molecule has 1 N–H and O–H groups in total. The topological polar surface area (TPSA) is 72.5 Å². The van der Waals surface area contributed by atoms with Crippen LogP contribution in [0, 0.1) is 5.92 Å². The second kappa shape index (κ2) is 6.38. The molecule has 1 aliphatic rings. The van der Waals surface area contributed by atoms with Crippen LogP contribution in [0.25, 0.3) is 0 Å². The van der Waals surface area contributed by atoms with Crippen LogP contribution in [0.4, 0.5) is 18.9 Å². The molecule has 0 unspecified atom stereocenters. The number of sulfone groups is 1. The summed E-state index contributed by atoms with van der Waals surface area (Å²) in [5.41, 5.74) is -5.48. The molecule has 128 valence electrons. The molecule has 1 aliphatic carbocycles. The Morgan fingerprint density at radius 2 is 1.91 bits per heavy atom. The minimum Gasteiger partial charge on any atom is -0.469 e. The molecule has 0 amide bonds. The first-order valence-electron chi connectivity index (χ1n) is 6.91. The Balaban J connectivity index is 2.22. The summed E-state index contributed by atoms with van der Waals surface area (Å²) in [5, 5.41) is 2.81. The van der Waals surface area contributed by atoms with Crippen molar-refractivity contribution in [1.29, 1.82) is 0 Å². The molecule has 1 aromatic carbocycles. The summed E-state index contributed by atoms with van der Waals surface area (Å²) in [6, 6.07) is 4.59. The number of methoxy groups -OCH3 is 1. The van der Waals surface area contributed by atoms with Gasteiger partial charge in [-0.3, -0.25) is 4.79 Å². The zero-order valence-corrected chi connectivity index (χ0v) is 13.1. The maximum atomic E-state index is 12.7. The van der Waals surface area contributed by atoms with Gasteiger partial charge >= 0.3 is 11.5 Å². The van der Waals surface area contributed by atoms with Crippen LogP contribution in [-0.2, 0) is 19.4 Å². The summed E-state index contributed by atoms with van der Waals surface area (Å²) < 4.78 is 66.1. The number of ether oxygens (including phenoxy) is 1. The number of anilines is 1. The Morgan fingerprint density at radius 3 is 2.52 bits per heavy atom. The minimum absolute atomic E-state index is 0.111. The second-order valence-corrected chi connectivity index (χ2v) is 7.23. The maximum Gasteiger partial charge on any atom is 0.501 e. The largest absolute Gasteiger partial charge is 0.501 e. The molecule has 0 bridgehead atoms. The third-order valence-corrected chi connectivity index (χ3v) is 5.35. The molecule has 0 spiro atoms. The summed E-state index contributed by atoms with van der Waals surface area (Å²) in [5.74, 6) is -0.700. The molecule has 0 aromatic heterocycles. The van der Waals surface area contributed by atoms with Crippen LogP contribution in [0.15, 0.2) is 29.2 Å².